The van der Waals surface area contributed by atoms with E-state index in [4.69, 9.17) is 14.1 Å². The highest BCUT2D eigenvalue weighted by atomic mass is 32.1. The first-order valence-electron chi connectivity index (χ1n) is 14.8. The number of rotatable bonds is 12. The fourth-order valence-corrected chi connectivity index (χ4v) is 6.31. The number of hydrogen-bond donors (Lipinski definition) is 1. The van der Waals surface area contributed by atoms with Crippen molar-refractivity contribution >= 4 is 27.3 Å². The summed E-state index contributed by atoms with van der Waals surface area (Å²) in [5.74, 6) is 0.367. The molecule has 0 aliphatic rings. The minimum absolute atomic E-state index is 0.103. The van der Waals surface area contributed by atoms with E-state index >= 15 is 0 Å². The van der Waals surface area contributed by atoms with E-state index in [0.29, 0.717) is 38.6 Å². The van der Waals surface area contributed by atoms with Crippen molar-refractivity contribution in [3.05, 3.63) is 139 Å². The van der Waals surface area contributed by atoms with E-state index in [0.717, 1.165) is 28.0 Å². The maximum absolute atomic E-state index is 14.2. The van der Waals surface area contributed by atoms with Crippen molar-refractivity contribution in [2.24, 2.45) is 5.16 Å². The quantitative estimate of drug-likeness (QED) is 0.0806. The Labute approximate surface area is 272 Å². The summed E-state index contributed by atoms with van der Waals surface area (Å²) in [6.07, 6.45) is 2.29. The van der Waals surface area contributed by atoms with Crippen LogP contribution in [0.2, 0.25) is 0 Å². The van der Waals surface area contributed by atoms with E-state index in [-0.39, 0.29) is 25.3 Å². The molecule has 0 spiro atoms. The molecule has 0 saturated heterocycles. The third-order valence-corrected chi connectivity index (χ3v) is 8.92. The van der Waals surface area contributed by atoms with Gasteiger partial charge < -0.3 is 9.57 Å². The second kappa shape index (κ2) is 13.7. The van der Waals surface area contributed by atoms with E-state index in [9.17, 15) is 14.4 Å². The zero-order valence-corrected chi connectivity index (χ0v) is 26.6. The normalized spacial score (nSPS) is 11.6. The molecule has 3 heterocycles. The fourth-order valence-electron chi connectivity index (χ4n) is 5.24. The molecule has 6 aromatic rings. The first-order chi connectivity index (χ1) is 22.9. The SMILES string of the molecule is C=CCON=C(Cn1c(=O)c2cc(CC)sc2n(Cc2ccc(-c3ccccc3-c3noc(=O)[nH]3)cc2)c1=O)c1ccc(OC)cc1. The van der Waals surface area contributed by atoms with E-state index in [1.165, 1.54) is 15.9 Å². The lowest BCUT2D eigenvalue weighted by atomic mass is 9.98. The van der Waals surface area contributed by atoms with Gasteiger partial charge in [-0.2, -0.15) is 0 Å². The van der Waals surface area contributed by atoms with Gasteiger partial charge in [0.25, 0.3) is 5.56 Å². The Morgan fingerprint density at radius 1 is 1.02 bits per heavy atom. The van der Waals surface area contributed by atoms with E-state index in [1.54, 1.807) is 42.0 Å². The number of thiophene rings is 1. The molecule has 0 radical (unpaired) electrons. The van der Waals surface area contributed by atoms with Crippen LogP contribution in [0, 0.1) is 0 Å². The number of ether oxygens (including phenoxy) is 1. The molecule has 0 fully saturated rings. The molecule has 11 nitrogen and oxygen atoms in total. The molecule has 238 valence electrons. The molecule has 0 atom stereocenters. The molecule has 3 aromatic heterocycles. The van der Waals surface area contributed by atoms with Gasteiger partial charge in [0.05, 0.1) is 25.6 Å². The number of oxime groups is 1. The second-order valence-corrected chi connectivity index (χ2v) is 11.7. The van der Waals surface area contributed by atoms with Crippen molar-refractivity contribution in [1.82, 2.24) is 19.3 Å². The molecule has 3 aromatic carbocycles. The van der Waals surface area contributed by atoms with Crippen LogP contribution in [0.4, 0.5) is 0 Å². The summed E-state index contributed by atoms with van der Waals surface area (Å²) in [4.78, 5) is 49.2. The van der Waals surface area contributed by atoms with Gasteiger partial charge in [-0.05, 0) is 53.4 Å². The van der Waals surface area contributed by atoms with Gasteiger partial charge in [0, 0.05) is 16.0 Å². The van der Waals surface area contributed by atoms with Gasteiger partial charge in [-0.1, -0.05) is 78.4 Å². The molecule has 0 aliphatic carbocycles. The first kappa shape index (κ1) is 31.2. The first-order valence-corrected chi connectivity index (χ1v) is 15.7. The Morgan fingerprint density at radius 2 is 1.77 bits per heavy atom. The number of H-pyrrole nitrogens is 1. The van der Waals surface area contributed by atoms with Gasteiger partial charge in [-0.15, -0.1) is 11.3 Å². The van der Waals surface area contributed by atoms with Crippen molar-refractivity contribution in [3.63, 3.8) is 0 Å². The molecule has 0 amide bonds. The zero-order valence-electron chi connectivity index (χ0n) is 25.8. The molecular formula is C35H31N5O6S. The fraction of sp³-hybridized carbons (Fsp3) is 0.171. The molecule has 0 aliphatic heterocycles. The van der Waals surface area contributed by atoms with Crippen LogP contribution in [-0.2, 0) is 24.3 Å². The van der Waals surface area contributed by atoms with Crippen LogP contribution in [0.25, 0.3) is 32.7 Å². The number of methoxy groups -OCH3 is 1. The molecule has 1 N–H and O–H groups in total. The Bertz CT molecular complexity index is 2260. The van der Waals surface area contributed by atoms with Gasteiger partial charge in [0.15, 0.2) is 5.82 Å². The third-order valence-electron chi connectivity index (χ3n) is 7.62. The van der Waals surface area contributed by atoms with Gasteiger partial charge in [0.1, 0.15) is 22.9 Å². The maximum atomic E-state index is 14.2. The Kier molecular flexibility index (Phi) is 9.11. The number of aromatic nitrogens is 4. The summed E-state index contributed by atoms with van der Waals surface area (Å²) < 4.78 is 12.8. The molecule has 0 unspecified atom stereocenters. The molecular weight excluding hydrogens is 618 g/mol. The molecule has 12 heteroatoms. The number of nitrogens with zero attached hydrogens (tertiary/aromatic N) is 4. The maximum Gasteiger partial charge on any atom is 0.439 e. The van der Waals surface area contributed by atoms with Crippen LogP contribution in [0.3, 0.4) is 0 Å². The van der Waals surface area contributed by atoms with Crippen LogP contribution in [0.5, 0.6) is 5.75 Å². The Hall–Kier alpha value is -5.75. The van der Waals surface area contributed by atoms with E-state index in [1.807, 2.05) is 61.5 Å². The number of aryl methyl sites for hydroxylation is 1. The summed E-state index contributed by atoms with van der Waals surface area (Å²) >= 11 is 1.44. The number of aromatic amines is 1. The standard InChI is InChI=1S/C35H31N5O6S/c1-4-18-45-37-30(24-14-16-25(44-3)17-15-24)21-39-32(41)29-19-26(5-2)47-33(29)40(35(39)43)20-22-10-12-23(13-11-22)27-8-6-7-9-28(27)31-36-34(42)46-38-31/h4,6-17,19H,1,5,18,20-21H2,2-3H3,(H,36,38,42). The van der Waals surface area contributed by atoms with E-state index < -0.39 is 11.4 Å². The highest BCUT2D eigenvalue weighted by Gasteiger charge is 2.19. The highest BCUT2D eigenvalue weighted by Crippen LogP contribution is 2.30. The predicted octanol–water partition coefficient (Wildman–Crippen LogP) is 5.46. The van der Waals surface area contributed by atoms with Crippen molar-refractivity contribution in [1.29, 1.82) is 0 Å². The minimum Gasteiger partial charge on any atom is -0.497 e. The molecule has 0 saturated carbocycles. The summed E-state index contributed by atoms with van der Waals surface area (Å²) in [7, 11) is 1.58. The monoisotopic (exact) mass is 649 g/mol. The average molecular weight is 650 g/mol. The molecule has 0 bridgehead atoms. The van der Waals surface area contributed by atoms with Crippen molar-refractivity contribution in [3.8, 4) is 28.3 Å². The summed E-state index contributed by atoms with van der Waals surface area (Å²) in [5, 5.41) is 8.58. The molecule has 47 heavy (non-hydrogen) atoms. The van der Waals surface area contributed by atoms with Crippen LogP contribution in [0.15, 0.2) is 116 Å². The summed E-state index contributed by atoms with van der Waals surface area (Å²) in [6.45, 7) is 5.98. The summed E-state index contributed by atoms with van der Waals surface area (Å²) in [5.41, 5.74) is 3.56. The lowest BCUT2D eigenvalue weighted by Crippen LogP contribution is -2.41. The van der Waals surface area contributed by atoms with Crippen molar-refractivity contribution < 1.29 is 14.1 Å². The van der Waals surface area contributed by atoms with Crippen molar-refractivity contribution in [2.45, 2.75) is 26.4 Å². The lowest BCUT2D eigenvalue weighted by Gasteiger charge is -2.14. The lowest BCUT2D eigenvalue weighted by molar-refractivity contribution is 0.174. The van der Waals surface area contributed by atoms with Gasteiger partial charge in [-0.25, -0.2) is 9.59 Å². The second-order valence-electron chi connectivity index (χ2n) is 10.6. The smallest absolute Gasteiger partial charge is 0.439 e. The van der Waals surface area contributed by atoms with Gasteiger partial charge in [0.2, 0.25) is 0 Å². The topological polar surface area (TPSA) is 134 Å². The number of benzene rings is 3. The van der Waals surface area contributed by atoms with Crippen LogP contribution in [-0.4, -0.2) is 38.7 Å². The number of nitrogens with one attached hydrogen (secondary N) is 1. The van der Waals surface area contributed by atoms with Crippen LogP contribution < -0.4 is 21.7 Å². The zero-order chi connectivity index (χ0) is 32.9. The van der Waals surface area contributed by atoms with E-state index in [2.05, 4.69) is 21.9 Å². The Balaban J connectivity index is 1.39. The van der Waals surface area contributed by atoms with Crippen LogP contribution >= 0.6 is 11.3 Å². The average Bonchev–Trinajstić information content (AvgIpc) is 3.75. The number of hydrogen-bond acceptors (Lipinski definition) is 9. The highest BCUT2D eigenvalue weighted by molar-refractivity contribution is 7.18. The summed E-state index contributed by atoms with van der Waals surface area (Å²) in [6, 6.07) is 24.3. The van der Waals surface area contributed by atoms with Gasteiger partial charge in [-0.3, -0.25) is 23.4 Å². The van der Waals surface area contributed by atoms with Crippen molar-refractivity contribution in [2.75, 3.05) is 13.7 Å². The number of fused-ring (bicyclic) bond motifs is 1. The van der Waals surface area contributed by atoms with Crippen LogP contribution in [0.1, 0.15) is 22.9 Å². The third kappa shape index (κ3) is 6.49. The minimum atomic E-state index is -0.630. The van der Waals surface area contributed by atoms with Gasteiger partial charge >= 0.3 is 11.4 Å². The predicted molar refractivity (Wildman–Crippen MR) is 183 cm³/mol. The molecule has 6 rings (SSSR count). The Morgan fingerprint density at radius 3 is 2.43 bits per heavy atom. The largest absolute Gasteiger partial charge is 0.497 e.